The largest absolute Gasteiger partial charge is 0.477 e. The minimum Gasteiger partial charge on any atom is -0.477 e. The van der Waals surface area contributed by atoms with E-state index in [4.69, 9.17) is 4.74 Å². The molecule has 1 saturated carbocycles. The summed E-state index contributed by atoms with van der Waals surface area (Å²) in [5, 5.41) is 0. The van der Waals surface area contributed by atoms with Gasteiger partial charge in [0.05, 0.1) is 0 Å². The first-order valence-electron chi connectivity index (χ1n) is 7.43. The number of halogens is 3. The quantitative estimate of drug-likeness (QED) is 0.801. The highest BCUT2D eigenvalue weighted by Crippen LogP contribution is 2.64. The molecule has 1 aliphatic carbocycles. The number of para-hydroxylation sites is 1. The van der Waals surface area contributed by atoms with Crippen molar-refractivity contribution in [1.29, 1.82) is 0 Å². The van der Waals surface area contributed by atoms with E-state index in [1.54, 1.807) is 30.3 Å². The number of hydrogen-bond donors (Lipinski definition) is 0. The predicted molar refractivity (Wildman–Crippen MR) is 74.4 cm³/mol. The van der Waals surface area contributed by atoms with Crippen LogP contribution in [0.25, 0.3) is 0 Å². The minimum atomic E-state index is -4.43. The van der Waals surface area contributed by atoms with E-state index in [0.29, 0.717) is 38.8 Å². The van der Waals surface area contributed by atoms with Crippen molar-refractivity contribution in [2.75, 3.05) is 13.1 Å². The molecule has 1 saturated heterocycles. The van der Waals surface area contributed by atoms with E-state index < -0.39 is 17.2 Å². The number of benzene rings is 1. The van der Waals surface area contributed by atoms with Crippen molar-refractivity contribution in [2.45, 2.75) is 37.5 Å². The Labute approximate surface area is 127 Å². The molecule has 0 bridgehead atoms. The van der Waals surface area contributed by atoms with E-state index in [-0.39, 0.29) is 12.2 Å². The summed E-state index contributed by atoms with van der Waals surface area (Å²) in [5.41, 5.74) is -3.04. The van der Waals surface area contributed by atoms with Crippen molar-refractivity contribution in [1.82, 2.24) is 4.90 Å². The molecule has 22 heavy (non-hydrogen) atoms. The van der Waals surface area contributed by atoms with Gasteiger partial charge in [-0.2, -0.15) is 13.2 Å². The highest BCUT2D eigenvalue weighted by molar-refractivity contribution is 5.47. The summed E-state index contributed by atoms with van der Waals surface area (Å²) in [6, 6.07) is 8.19. The number of piperidine rings is 1. The van der Waals surface area contributed by atoms with Crippen molar-refractivity contribution in [2.24, 2.45) is 5.41 Å². The Balaban J connectivity index is 1.89. The lowest BCUT2D eigenvalue weighted by molar-refractivity contribution is -0.335. The standard InChI is InChI=1S/C16H18F3NO2/c17-16(18,19)15(22-13-4-2-1-3-5-13)7-6-14(15)8-10-20(12-21)11-9-14/h1-5,12H,6-11H2. The van der Waals surface area contributed by atoms with Gasteiger partial charge in [-0.3, -0.25) is 4.79 Å². The molecule has 0 aromatic heterocycles. The lowest BCUT2D eigenvalue weighted by atomic mass is 9.52. The smallest absolute Gasteiger partial charge is 0.428 e. The van der Waals surface area contributed by atoms with Crippen LogP contribution in [0.2, 0.25) is 0 Å². The second-order valence-corrected chi connectivity index (χ2v) is 6.16. The third kappa shape index (κ3) is 2.16. The van der Waals surface area contributed by atoms with Crippen molar-refractivity contribution in [3.63, 3.8) is 0 Å². The topological polar surface area (TPSA) is 29.5 Å². The molecule has 3 nitrogen and oxygen atoms in total. The number of hydrogen-bond acceptors (Lipinski definition) is 2. The van der Waals surface area contributed by atoms with Gasteiger partial charge in [-0.25, -0.2) is 0 Å². The van der Waals surface area contributed by atoms with Gasteiger partial charge in [0.1, 0.15) is 5.75 Å². The third-order valence-corrected chi connectivity index (χ3v) is 5.21. The zero-order valence-corrected chi connectivity index (χ0v) is 12.1. The van der Waals surface area contributed by atoms with Gasteiger partial charge in [0.2, 0.25) is 12.0 Å². The Hall–Kier alpha value is -1.72. The highest BCUT2D eigenvalue weighted by Gasteiger charge is 2.74. The van der Waals surface area contributed by atoms with E-state index >= 15 is 0 Å². The zero-order valence-electron chi connectivity index (χ0n) is 12.1. The number of likely N-dealkylation sites (tertiary alicyclic amines) is 1. The Morgan fingerprint density at radius 2 is 1.68 bits per heavy atom. The van der Waals surface area contributed by atoms with Crippen LogP contribution < -0.4 is 4.74 Å². The SMILES string of the molecule is O=CN1CCC2(CC1)CCC2(Oc1ccccc1)C(F)(F)F. The average Bonchev–Trinajstić information content (AvgIpc) is 2.51. The Morgan fingerprint density at radius 3 is 2.14 bits per heavy atom. The molecule has 1 atom stereocenters. The van der Waals surface area contributed by atoms with Gasteiger partial charge in [0.15, 0.2) is 0 Å². The summed E-state index contributed by atoms with van der Waals surface area (Å²) in [5.74, 6) is 0.247. The molecular formula is C16H18F3NO2. The Kier molecular flexibility index (Phi) is 3.57. The summed E-state index contributed by atoms with van der Waals surface area (Å²) in [4.78, 5) is 12.3. The molecule has 1 unspecified atom stereocenters. The molecule has 1 aliphatic heterocycles. The summed E-state index contributed by atoms with van der Waals surface area (Å²) in [6.45, 7) is 0.721. The van der Waals surface area contributed by atoms with Crippen LogP contribution in [-0.2, 0) is 4.79 Å². The van der Waals surface area contributed by atoms with Gasteiger partial charge in [0, 0.05) is 18.5 Å². The van der Waals surface area contributed by atoms with Crippen molar-refractivity contribution >= 4 is 6.41 Å². The number of ether oxygens (including phenoxy) is 1. The van der Waals surface area contributed by atoms with E-state index in [2.05, 4.69) is 0 Å². The summed E-state index contributed by atoms with van der Waals surface area (Å²) in [6.07, 6.45) is -2.59. The Morgan fingerprint density at radius 1 is 1.05 bits per heavy atom. The van der Waals surface area contributed by atoms with Crippen LogP contribution in [0.3, 0.4) is 0 Å². The number of carbonyl (C=O) groups is 1. The second kappa shape index (κ2) is 5.18. The van der Waals surface area contributed by atoms with E-state index in [0.717, 1.165) is 0 Å². The van der Waals surface area contributed by atoms with Gasteiger partial charge in [0.25, 0.3) is 0 Å². The van der Waals surface area contributed by atoms with Gasteiger partial charge >= 0.3 is 6.18 Å². The Bertz CT molecular complexity index is 538. The molecule has 2 fully saturated rings. The first-order chi connectivity index (χ1) is 10.4. The minimum absolute atomic E-state index is 0.0213. The molecule has 1 amide bonds. The first-order valence-corrected chi connectivity index (χ1v) is 7.43. The first kappa shape index (κ1) is 15.2. The van der Waals surface area contributed by atoms with E-state index in [9.17, 15) is 18.0 Å². The van der Waals surface area contributed by atoms with Crippen LogP contribution >= 0.6 is 0 Å². The maximum atomic E-state index is 13.8. The van der Waals surface area contributed by atoms with Gasteiger partial charge < -0.3 is 9.64 Å². The number of nitrogens with zero attached hydrogens (tertiary/aromatic N) is 1. The summed E-state index contributed by atoms with van der Waals surface area (Å²) in [7, 11) is 0. The molecule has 3 rings (SSSR count). The molecule has 1 aromatic carbocycles. The van der Waals surface area contributed by atoms with Gasteiger partial charge in [-0.1, -0.05) is 18.2 Å². The monoisotopic (exact) mass is 313 g/mol. The highest BCUT2D eigenvalue weighted by atomic mass is 19.4. The average molecular weight is 313 g/mol. The molecule has 2 aliphatic rings. The predicted octanol–water partition coefficient (Wildman–Crippen LogP) is 3.40. The molecule has 6 heteroatoms. The van der Waals surface area contributed by atoms with Crippen LogP contribution in [0, 0.1) is 5.41 Å². The van der Waals surface area contributed by atoms with E-state index in [1.165, 1.54) is 4.90 Å². The second-order valence-electron chi connectivity index (χ2n) is 6.16. The molecule has 1 aromatic rings. The number of rotatable bonds is 3. The third-order valence-electron chi connectivity index (χ3n) is 5.21. The maximum absolute atomic E-state index is 13.8. The lowest BCUT2D eigenvalue weighted by Gasteiger charge is -2.61. The zero-order chi connectivity index (χ0) is 15.8. The van der Waals surface area contributed by atoms with Crippen molar-refractivity contribution in [3.8, 4) is 5.75 Å². The maximum Gasteiger partial charge on any atom is 0.428 e. The van der Waals surface area contributed by atoms with Gasteiger partial charge in [-0.15, -0.1) is 0 Å². The molecule has 1 spiro atoms. The van der Waals surface area contributed by atoms with E-state index in [1.807, 2.05) is 0 Å². The lowest BCUT2D eigenvalue weighted by Crippen LogP contribution is -2.71. The number of amides is 1. The fourth-order valence-corrected chi connectivity index (χ4v) is 3.77. The van der Waals surface area contributed by atoms with Crippen LogP contribution in [0.1, 0.15) is 25.7 Å². The number of carbonyl (C=O) groups excluding carboxylic acids is 1. The molecule has 0 radical (unpaired) electrons. The van der Waals surface area contributed by atoms with Crippen LogP contribution in [0.15, 0.2) is 30.3 Å². The summed E-state index contributed by atoms with van der Waals surface area (Å²) < 4.78 is 47.1. The van der Waals surface area contributed by atoms with Crippen molar-refractivity contribution in [3.05, 3.63) is 30.3 Å². The molecule has 120 valence electrons. The van der Waals surface area contributed by atoms with Crippen LogP contribution in [-0.4, -0.2) is 36.2 Å². The van der Waals surface area contributed by atoms with Gasteiger partial charge in [-0.05, 0) is 37.8 Å². The van der Waals surface area contributed by atoms with Crippen LogP contribution in [0.4, 0.5) is 13.2 Å². The fraction of sp³-hybridized carbons (Fsp3) is 0.562. The van der Waals surface area contributed by atoms with Crippen LogP contribution in [0.5, 0.6) is 5.75 Å². The normalized spacial score (nSPS) is 27.3. The summed E-state index contributed by atoms with van der Waals surface area (Å²) >= 11 is 0. The van der Waals surface area contributed by atoms with Crippen molar-refractivity contribution < 1.29 is 22.7 Å². The fourth-order valence-electron chi connectivity index (χ4n) is 3.77. The number of alkyl halides is 3. The molecule has 0 N–H and O–H groups in total. The molecule has 1 heterocycles. The molecular weight excluding hydrogens is 295 g/mol.